The molecule has 0 N–H and O–H groups in total. The lowest BCUT2D eigenvalue weighted by Gasteiger charge is -2.26. The molecule has 61 heavy (non-hydrogen) atoms. The van der Waals surface area contributed by atoms with Crippen molar-refractivity contribution in [3.8, 4) is 0 Å². The Bertz CT molecular complexity index is 1270. The SMILES string of the molecule is CC/C=C\C/C=C\C/C=C\C/C=C\CCCCCCC(=O)OC(COC(=O)CCCCCCCC/C=C\C/C=C\C/C=C\CCCCC)COC(OCC[N+](C)(C)C)C(=O)[O-]. The molecule has 0 fully saturated rings. The van der Waals surface area contributed by atoms with E-state index in [0.717, 1.165) is 103 Å². The Morgan fingerprint density at radius 2 is 0.934 bits per heavy atom. The second kappa shape index (κ2) is 43.1. The molecule has 0 amide bonds. The number of carboxylic acid groups (broad SMARTS) is 1. The Labute approximate surface area is 372 Å². The molecular formula is C52H87NO8. The Morgan fingerprint density at radius 3 is 1.39 bits per heavy atom. The van der Waals surface area contributed by atoms with Gasteiger partial charge in [-0.1, -0.05) is 150 Å². The van der Waals surface area contributed by atoms with Gasteiger partial charge in [-0.2, -0.15) is 0 Å². The molecule has 0 rings (SSSR count). The molecule has 0 aromatic rings. The number of nitrogens with zero attached hydrogens (tertiary/aromatic N) is 1. The van der Waals surface area contributed by atoms with E-state index in [-0.39, 0.29) is 38.6 Å². The lowest BCUT2D eigenvalue weighted by Crippen LogP contribution is -2.44. The summed E-state index contributed by atoms with van der Waals surface area (Å²) >= 11 is 0. The van der Waals surface area contributed by atoms with E-state index in [1.165, 1.54) is 32.1 Å². The maximum atomic E-state index is 12.8. The van der Waals surface area contributed by atoms with Gasteiger partial charge in [0.15, 0.2) is 12.4 Å². The fraction of sp³-hybridized carbons (Fsp3) is 0.673. The highest BCUT2D eigenvalue weighted by molar-refractivity contribution is 5.70. The number of likely N-dealkylation sites (N-methyl/N-ethyl adjacent to an activating group) is 1. The van der Waals surface area contributed by atoms with Crippen molar-refractivity contribution >= 4 is 17.9 Å². The largest absolute Gasteiger partial charge is 0.545 e. The van der Waals surface area contributed by atoms with Gasteiger partial charge < -0.3 is 33.3 Å². The topological polar surface area (TPSA) is 111 Å². The molecule has 0 aliphatic carbocycles. The molecule has 0 aromatic heterocycles. The van der Waals surface area contributed by atoms with Crippen molar-refractivity contribution in [2.75, 3.05) is 47.5 Å². The fourth-order valence-electron chi connectivity index (χ4n) is 5.94. The smallest absolute Gasteiger partial charge is 0.306 e. The predicted octanol–water partition coefficient (Wildman–Crippen LogP) is 11.6. The van der Waals surface area contributed by atoms with Gasteiger partial charge in [-0.3, -0.25) is 9.59 Å². The number of allylic oxidation sites excluding steroid dienone is 14. The van der Waals surface area contributed by atoms with E-state index < -0.39 is 24.3 Å². The predicted molar refractivity (Wildman–Crippen MR) is 251 cm³/mol. The highest BCUT2D eigenvalue weighted by Gasteiger charge is 2.21. The van der Waals surface area contributed by atoms with E-state index in [4.69, 9.17) is 18.9 Å². The number of carbonyl (C=O) groups is 3. The van der Waals surface area contributed by atoms with Crippen LogP contribution < -0.4 is 5.11 Å². The zero-order valence-electron chi connectivity index (χ0n) is 39.2. The van der Waals surface area contributed by atoms with Crippen LogP contribution in [0.3, 0.4) is 0 Å². The third-order valence-electron chi connectivity index (χ3n) is 9.63. The van der Waals surface area contributed by atoms with Crippen molar-refractivity contribution in [3.63, 3.8) is 0 Å². The highest BCUT2D eigenvalue weighted by Crippen LogP contribution is 2.12. The molecular weight excluding hydrogens is 767 g/mol. The number of carboxylic acids is 1. The summed E-state index contributed by atoms with van der Waals surface area (Å²) in [6.07, 6.45) is 51.8. The zero-order valence-corrected chi connectivity index (χ0v) is 39.2. The molecule has 0 heterocycles. The monoisotopic (exact) mass is 854 g/mol. The molecule has 348 valence electrons. The number of rotatable bonds is 42. The van der Waals surface area contributed by atoms with Crippen LogP contribution in [-0.2, 0) is 33.3 Å². The molecule has 0 bridgehead atoms. The van der Waals surface area contributed by atoms with Crippen LogP contribution in [0.5, 0.6) is 0 Å². The first kappa shape index (κ1) is 57.5. The first-order valence-corrected chi connectivity index (χ1v) is 23.7. The van der Waals surface area contributed by atoms with Crippen LogP contribution in [0.2, 0.25) is 0 Å². The molecule has 9 heteroatoms. The fourth-order valence-corrected chi connectivity index (χ4v) is 5.94. The van der Waals surface area contributed by atoms with Gasteiger partial charge in [0, 0.05) is 12.8 Å². The summed E-state index contributed by atoms with van der Waals surface area (Å²) in [7, 11) is 5.89. The maximum Gasteiger partial charge on any atom is 0.306 e. The third kappa shape index (κ3) is 44.3. The zero-order chi connectivity index (χ0) is 44.9. The van der Waals surface area contributed by atoms with Gasteiger partial charge >= 0.3 is 11.9 Å². The van der Waals surface area contributed by atoms with Crippen molar-refractivity contribution in [3.05, 3.63) is 85.1 Å². The van der Waals surface area contributed by atoms with Crippen LogP contribution in [0.4, 0.5) is 0 Å². The Hall–Kier alpha value is -3.53. The summed E-state index contributed by atoms with van der Waals surface area (Å²) in [4.78, 5) is 37.1. The quantitative estimate of drug-likeness (QED) is 0.0196. The number of aliphatic carboxylic acids is 1. The van der Waals surface area contributed by atoms with Crippen LogP contribution >= 0.6 is 0 Å². The number of hydrogen-bond acceptors (Lipinski definition) is 8. The molecule has 0 aliphatic heterocycles. The van der Waals surface area contributed by atoms with E-state index >= 15 is 0 Å². The average Bonchev–Trinajstić information content (AvgIpc) is 3.22. The van der Waals surface area contributed by atoms with Gasteiger partial charge in [0.25, 0.3) is 0 Å². The van der Waals surface area contributed by atoms with Crippen molar-refractivity contribution in [1.82, 2.24) is 0 Å². The summed E-state index contributed by atoms with van der Waals surface area (Å²) < 4.78 is 22.5. The minimum absolute atomic E-state index is 0.135. The lowest BCUT2D eigenvalue weighted by molar-refractivity contribution is -0.870. The van der Waals surface area contributed by atoms with Crippen molar-refractivity contribution in [2.24, 2.45) is 0 Å². The molecule has 2 unspecified atom stereocenters. The number of ether oxygens (including phenoxy) is 4. The van der Waals surface area contributed by atoms with Crippen molar-refractivity contribution in [1.29, 1.82) is 0 Å². The van der Waals surface area contributed by atoms with Gasteiger partial charge in [-0.25, -0.2) is 0 Å². The highest BCUT2D eigenvalue weighted by atomic mass is 16.7. The third-order valence-corrected chi connectivity index (χ3v) is 9.63. The number of esters is 2. The van der Waals surface area contributed by atoms with Crippen LogP contribution in [0.25, 0.3) is 0 Å². The van der Waals surface area contributed by atoms with E-state index in [9.17, 15) is 19.5 Å². The summed E-state index contributed by atoms with van der Waals surface area (Å²) in [6.45, 7) is 4.53. The van der Waals surface area contributed by atoms with Gasteiger partial charge in [0.2, 0.25) is 0 Å². The first-order chi connectivity index (χ1) is 29.6. The minimum Gasteiger partial charge on any atom is -0.545 e. The Morgan fingerprint density at radius 1 is 0.508 bits per heavy atom. The van der Waals surface area contributed by atoms with E-state index in [1.807, 2.05) is 21.1 Å². The van der Waals surface area contributed by atoms with Crippen LogP contribution in [0.1, 0.15) is 168 Å². The van der Waals surface area contributed by atoms with Crippen LogP contribution in [0.15, 0.2) is 85.1 Å². The summed E-state index contributed by atoms with van der Waals surface area (Å²) in [6, 6.07) is 0. The maximum absolute atomic E-state index is 12.8. The molecule has 0 aliphatic rings. The van der Waals surface area contributed by atoms with Gasteiger partial charge in [-0.05, 0) is 89.9 Å². The number of unbranched alkanes of at least 4 members (excludes halogenated alkanes) is 13. The molecule has 2 atom stereocenters. The van der Waals surface area contributed by atoms with Gasteiger partial charge in [0.05, 0.1) is 40.3 Å². The standard InChI is InChI=1S/C52H87NO8/c1-6-8-10-12-14-16-18-20-22-24-25-27-28-30-32-34-36-38-40-42-49(54)59-46-48(47-60-52(51(56)57)58-45-44-53(3,4)5)61-50(55)43-41-39-37-35-33-31-29-26-23-21-19-17-15-13-11-9-7-2/h9,11,14-17,20-23,25,27,29,31,48,52H,6-8,10,12-13,18-19,24,26,28,30,32-47H2,1-5H3/b11-9-,16-14-,17-15-,22-20-,23-21-,27-25-,31-29-. The molecule has 9 nitrogen and oxygen atoms in total. The van der Waals surface area contributed by atoms with Gasteiger partial charge in [0.1, 0.15) is 13.2 Å². The lowest BCUT2D eigenvalue weighted by atomic mass is 10.1. The second-order valence-electron chi connectivity index (χ2n) is 16.7. The second-order valence-corrected chi connectivity index (χ2v) is 16.7. The summed E-state index contributed by atoms with van der Waals surface area (Å²) in [5.41, 5.74) is 0. The van der Waals surface area contributed by atoms with Crippen molar-refractivity contribution < 1.29 is 42.9 Å². The summed E-state index contributed by atoms with van der Waals surface area (Å²) in [5, 5.41) is 11.7. The number of carbonyl (C=O) groups excluding carboxylic acids is 3. The van der Waals surface area contributed by atoms with Crippen molar-refractivity contribution in [2.45, 2.75) is 180 Å². The van der Waals surface area contributed by atoms with E-state index in [2.05, 4.69) is 98.9 Å². The summed E-state index contributed by atoms with van der Waals surface area (Å²) in [5.74, 6) is -2.35. The van der Waals surface area contributed by atoms with Crippen LogP contribution in [-0.4, -0.2) is 82.3 Å². The van der Waals surface area contributed by atoms with E-state index in [0.29, 0.717) is 17.4 Å². The number of quaternary nitrogens is 1. The molecule has 0 aromatic carbocycles. The normalized spacial score (nSPS) is 13.7. The molecule has 0 saturated carbocycles. The Kier molecular flexibility index (Phi) is 40.6. The molecule has 0 saturated heterocycles. The van der Waals surface area contributed by atoms with E-state index in [1.54, 1.807) is 0 Å². The molecule has 0 spiro atoms. The van der Waals surface area contributed by atoms with Gasteiger partial charge in [-0.15, -0.1) is 0 Å². The average molecular weight is 854 g/mol. The Balaban J connectivity index is 4.49. The van der Waals surface area contributed by atoms with Crippen LogP contribution in [0, 0.1) is 0 Å². The first-order valence-electron chi connectivity index (χ1n) is 23.7. The molecule has 0 radical (unpaired) electrons. The number of hydrogen-bond donors (Lipinski definition) is 0. The minimum atomic E-state index is -1.63.